The number of rotatable bonds is 7. The standard InChI is InChI=1S/C26H25ClF3N5O3S/c1-15-3-9-19(10-4-15)39(37,38)34-25(36)32-12-11-17-5-7-18(8-6-17)35-23-14-21(27)20(26(28,29)30)13-22(23)33-24(35)16(2)31/h3-10,13-14,16H,11-12,31H2,1-2H3,(H2,32,34,36). The molecular weight excluding hydrogens is 555 g/mol. The van der Waals surface area contributed by atoms with Gasteiger partial charge < -0.3 is 11.1 Å². The molecule has 0 aliphatic carbocycles. The molecule has 0 saturated carbocycles. The van der Waals surface area contributed by atoms with Gasteiger partial charge in [0.05, 0.1) is 32.6 Å². The lowest BCUT2D eigenvalue weighted by Crippen LogP contribution is -2.40. The lowest BCUT2D eigenvalue weighted by atomic mass is 10.1. The number of urea groups is 1. The van der Waals surface area contributed by atoms with Crippen molar-refractivity contribution in [1.82, 2.24) is 19.6 Å². The number of nitrogens with one attached hydrogen (secondary N) is 2. The van der Waals surface area contributed by atoms with Crippen LogP contribution in [0.4, 0.5) is 18.0 Å². The summed E-state index contributed by atoms with van der Waals surface area (Å²) in [5.41, 5.74) is 7.89. The minimum atomic E-state index is -4.62. The fraction of sp³-hybridized carbons (Fsp3) is 0.231. The van der Waals surface area contributed by atoms with E-state index in [4.69, 9.17) is 17.3 Å². The van der Waals surface area contributed by atoms with E-state index in [0.29, 0.717) is 23.4 Å². The van der Waals surface area contributed by atoms with Crippen molar-refractivity contribution in [2.75, 3.05) is 6.54 Å². The van der Waals surface area contributed by atoms with E-state index in [1.54, 1.807) is 47.9 Å². The number of sulfonamides is 1. The molecule has 1 atom stereocenters. The number of nitrogens with zero attached hydrogens (tertiary/aromatic N) is 2. The number of imidazole rings is 1. The fourth-order valence-corrected chi connectivity index (χ4v) is 5.17. The average Bonchev–Trinajstić information content (AvgIpc) is 3.22. The van der Waals surface area contributed by atoms with Crippen LogP contribution in [0.2, 0.25) is 5.02 Å². The van der Waals surface area contributed by atoms with E-state index in [-0.39, 0.29) is 17.0 Å². The third kappa shape index (κ3) is 6.35. The van der Waals surface area contributed by atoms with Gasteiger partial charge in [-0.3, -0.25) is 4.57 Å². The van der Waals surface area contributed by atoms with Gasteiger partial charge in [0.15, 0.2) is 0 Å². The van der Waals surface area contributed by atoms with E-state index in [2.05, 4.69) is 10.3 Å². The quantitative estimate of drug-likeness (QED) is 0.276. The monoisotopic (exact) mass is 579 g/mol. The van der Waals surface area contributed by atoms with Crippen molar-refractivity contribution in [3.8, 4) is 5.69 Å². The summed E-state index contributed by atoms with van der Waals surface area (Å²) in [5, 5.41) is 2.07. The van der Waals surface area contributed by atoms with Gasteiger partial charge in [-0.05, 0) is 62.2 Å². The number of alkyl halides is 3. The third-order valence-corrected chi connectivity index (χ3v) is 7.59. The molecule has 3 aromatic carbocycles. The minimum Gasteiger partial charge on any atom is -0.337 e. The minimum absolute atomic E-state index is 0.0204. The molecule has 0 bridgehead atoms. The van der Waals surface area contributed by atoms with Gasteiger partial charge in [0.2, 0.25) is 0 Å². The van der Waals surface area contributed by atoms with Gasteiger partial charge in [0.1, 0.15) is 5.82 Å². The van der Waals surface area contributed by atoms with Crippen LogP contribution < -0.4 is 15.8 Å². The van der Waals surface area contributed by atoms with E-state index < -0.39 is 38.9 Å². The number of carbonyl (C=O) groups is 1. The van der Waals surface area contributed by atoms with Crippen LogP contribution in [0.5, 0.6) is 0 Å². The molecule has 0 radical (unpaired) electrons. The number of hydrogen-bond donors (Lipinski definition) is 3. The van der Waals surface area contributed by atoms with Crippen LogP contribution in [-0.4, -0.2) is 30.5 Å². The molecular formula is C26H25ClF3N5O3S. The van der Waals surface area contributed by atoms with Crippen molar-refractivity contribution in [2.24, 2.45) is 5.73 Å². The SMILES string of the molecule is Cc1ccc(S(=O)(=O)NC(=O)NCCc2ccc(-n3c(C(C)N)nc4cc(C(F)(F)F)c(Cl)cc43)cc2)cc1. The number of aromatic nitrogens is 2. The highest BCUT2D eigenvalue weighted by Gasteiger charge is 2.34. The molecule has 13 heteroatoms. The Morgan fingerprint density at radius 2 is 1.74 bits per heavy atom. The fourth-order valence-electron chi connectivity index (χ4n) is 3.98. The normalized spacial score (nSPS) is 12.9. The average molecular weight is 580 g/mol. The number of fused-ring (bicyclic) bond motifs is 1. The van der Waals surface area contributed by atoms with E-state index in [1.807, 2.05) is 11.6 Å². The topological polar surface area (TPSA) is 119 Å². The molecule has 1 aromatic heterocycles. The van der Waals surface area contributed by atoms with Crippen LogP contribution in [0.3, 0.4) is 0 Å². The first-order valence-electron chi connectivity index (χ1n) is 11.8. The molecule has 2 amide bonds. The predicted molar refractivity (Wildman–Crippen MR) is 142 cm³/mol. The Morgan fingerprint density at radius 1 is 1.10 bits per heavy atom. The Hall–Kier alpha value is -3.61. The molecule has 0 saturated heterocycles. The molecule has 8 nitrogen and oxygen atoms in total. The summed E-state index contributed by atoms with van der Waals surface area (Å²) < 4.78 is 68.3. The first kappa shape index (κ1) is 28.4. The summed E-state index contributed by atoms with van der Waals surface area (Å²) in [6.07, 6.45) is -4.23. The van der Waals surface area contributed by atoms with Crippen molar-refractivity contribution in [3.63, 3.8) is 0 Å². The van der Waals surface area contributed by atoms with Crippen LogP contribution in [0.25, 0.3) is 16.7 Å². The second-order valence-corrected chi connectivity index (χ2v) is 11.1. The van der Waals surface area contributed by atoms with Crippen molar-refractivity contribution >= 4 is 38.7 Å². The van der Waals surface area contributed by atoms with E-state index in [9.17, 15) is 26.4 Å². The largest absolute Gasteiger partial charge is 0.417 e. The molecule has 0 aliphatic heterocycles. The first-order chi connectivity index (χ1) is 18.3. The van der Waals surface area contributed by atoms with Crippen molar-refractivity contribution in [3.05, 3.63) is 88.2 Å². The second kappa shape index (κ2) is 10.9. The summed E-state index contributed by atoms with van der Waals surface area (Å²) in [4.78, 5) is 16.4. The highest BCUT2D eigenvalue weighted by atomic mass is 35.5. The van der Waals surface area contributed by atoms with Crippen LogP contribution in [0, 0.1) is 6.92 Å². The van der Waals surface area contributed by atoms with Crippen molar-refractivity contribution < 1.29 is 26.4 Å². The number of hydrogen-bond acceptors (Lipinski definition) is 5. The Balaban J connectivity index is 1.47. The van der Waals surface area contributed by atoms with Crippen LogP contribution >= 0.6 is 11.6 Å². The number of nitrogens with two attached hydrogens (primary N) is 1. The zero-order chi connectivity index (χ0) is 28.5. The van der Waals surface area contributed by atoms with E-state index in [1.165, 1.54) is 18.2 Å². The third-order valence-electron chi connectivity index (χ3n) is 5.93. The lowest BCUT2D eigenvalue weighted by Gasteiger charge is -2.13. The molecule has 0 spiro atoms. The number of aryl methyl sites for hydroxylation is 1. The van der Waals surface area contributed by atoms with E-state index in [0.717, 1.165) is 17.2 Å². The smallest absolute Gasteiger partial charge is 0.337 e. The summed E-state index contributed by atoms with van der Waals surface area (Å²) in [6, 6.07) is 13.8. The van der Waals surface area contributed by atoms with Crippen molar-refractivity contribution in [1.29, 1.82) is 0 Å². The molecule has 1 heterocycles. The molecule has 4 rings (SSSR count). The molecule has 1 unspecified atom stereocenters. The maximum atomic E-state index is 13.3. The number of halogens is 4. The number of benzene rings is 3. The van der Waals surface area contributed by atoms with Gasteiger partial charge in [-0.15, -0.1) is 0 Å². The predicted octanol–water partition coefficient (Wildman–Crippen LogP) is 5.26. The van der Waals surface area contributed by atoms with Crippen molar-refractivity contribution in [2.45, 2.75) is 37.4 Å². The lowest BCUT2D eigenvalue weighted by molar-refractivity contribution is -0.137. The molecule has 0 aliphatic rings. The van der Waals surface area contributed by atoms with E-state index >= 15 is 0 Å². The van der Waals surface area contributed by atoms with Gasteiger partial charge >= 0.3 is 12.2 Å². The Kier molecular flexibility index (Phi) is 7.92. The highest BCUT2D eigenvalue weighted by Crippen LogP contribution is 2.38. The Bertz CT molecular complexity index is 1620. The van der Waals surface area contributed by atoms with Gasteiger partial charge in [0.25, 0.3) is 10.0 Å². The summed E-state index contributed by atoms with van der Waals surface area (Å²) in [5.74, 6) is 0.362. The zero-order valence-corrected chi connectivity index (χ0v) is 22.5. The summed E-state index contributed by atoms with van der Waals surface area (Å²) in [7, 11) is -4.00. The van der Waals surface area contributed by atoms with Crippen LogP contribution in [-0.2, 0) is 22.6 Å². The van der Waals surface area contributed by atoms with Crippen LogP contribution in [0.1, 0.15) is 35.5 Å². The molecule has 206 valence electrons. The molecule has 0 fully saturated rings. The van der Waals surface area contributed by atoms with Crippen LogP contribution in [0.15, 0.2) is 65.6 Å². The summed E-state index contributed by atoms with van der Waals surface area (Å²) in [6.45, 7) is 3.65. The van der Waals surface area contributed by atoms with Gasteiger partial charge in [0, 0.05) is 12.2 Å². The highest BCUT2D eigenvalue weighted by molar-refractivity contribution is 7.90. The molecule has 4 N–H and O–H groups in total. The Morgan fingerprint density at radius 3 is 2.33 bits per heavy atom. The number of carbonyl (C=O) groups excluding carboxylic acids is 1. The first-order valence-corrected chi connectivity index (χ1v) is 13.6. The van der Waals surface area contributed by atoms with Gasteiger partial charge in [-0.25, -0.2) is 22.9 Å². The second-order valence-electron chi connectivity index (χ2n) is 9.00. The van der Waals surface area contributed by atoms with Gasteiger partial charge in [-0.1, -0.05) is 41.4 Å². The summed E-state index contributed by atoms with van der Waals surface area (Å²) >= 11 is 5.96. The molecule has 4 aromatic rings. The maximum Gasteiger partial charge on any atom is 0.417 e. The number of amides is 2. The zero-order valence-electron chi connectivity index (χ0n) is 20.9. The maximum absolute atomic E-state index is 13.3. The molecule has 39 heavy (non-hydrogen) atoms. The Labute approximate surface area is 228 Å². The van der Waals surface area contributed by atoms with Gasteiger partial charge in [-0.2, -0.15) is 13.2 Å².